The van der Waals surface area contributed by atoms with Crippen LogP contribution in [0, 0.1) is 0 Å². The monoisotopic (exact) mass is 440 g/mol. The zero-order valence-corrected chi connectivity index (χ0v) is 17.1. The van der Waals surface area contributed by atoms with Gasteiger partial charge in [0.1, 0.15) is 16.7 Å². The summed E-state index contributed by atoms with van der Waals surface area (Å²) in [5, 5.41) is 2.85. The Hall–Kier alpha value is -2.16. The molecule has 2 heterocycles. The molecule has 0 bridgehead atoms. The number of aromatic nitrogens is 1. The van der Waals surface area contributed by atoms with E-state index in [9.17, 15) is 13.2 Å². The van der Waals surface area contributed by atoms with Gasteiger partial charge in [-0.3, -0.25) is 14.5 Å². The van der Waals surface area contributed by atoms with Crippen molar-refractivity contribution < 1.29 is 13.2 Å². The van der Waals surface area contributed by atoms with Crippen LogP contribution in [0.4, 0.5) is 5.69 Å². The van der Waals surface area contributed by atoms with Gasteiger partial charge in [0.05, 0.1) is 9.92 Å². The second-order valence-electron chi connectivity index (χ2n) is 6.19. The summed E-state index contributed by atoms with van der Waals surface area (Å²) in [6.45, 7) is 0.612. The van der Waals surface area contributed by atoms with Crippen molar-refractivity contribution in [3.63, 3.8) is 0 Å². The summed E-state index contributed by atoms with van der Waals surface area (Å²) in [4.78, 5) is 20.6. The van der Waals surface area contributed by atoms with Gasteiger partial charge in [0.15, 0.2) is 0 Å². The first-order valence-electron chi connectivity index (χ1n) is 8.65. The lowest BCUT2D eigenvalue weighted by molar-refractivity contribution is 0.102. The summed E-state index contributed by atoms with van der Waals surface area (Å²) in [6.07, 6.45) is 3.46. The van der Waals surface area contributed by atoms with E-state index in [0.717, 1.165) is 19.3 Å². The molecule has 0 unspecified atom stereocenters. The van der Waals surface area contributed by atoms with Crippen molar-refractivity contribution in [1.29, 1.82) is 0 Å². The fraction of sp³-hybridized carbons (Fsp3) is 0.278. The minimum absolute atomic E-state index is 0.0161. The molecule has 0 fully saturated rings. The number of anilines is 1. The van der Waals surface area contributed by atoms with Crippen LogP contribution in [0.25, 0.3) is 0 Å². The molecule has 1 amide bonds. The quantitative estimate of drug-likeness (QED) is 0.703. The smallest absolute Gasteiger partial charge is 0.275 e. The van der Waals surface area contributed by atoms with Crippen molar-refractivity contribution in [2.24, 2.45) is 4.99 Å². The molecule has 0 radical (unpaired) electrons. The van der Waals surface area contributed by atoms with Crippen LogP contribution >= 0.6 is 23.2 Å². The highest BCUT2D eigenvalue weighted by Crippen LogP contribution is 2.20. The minimum Gasteiger partial charge on any atom is -0.321 e. The lowest BCUT2D eigenvalue weighted by atomic mass is 10.2. The zero-order chi connectivity index (χ0) is 20.1. The predicted molar refractivity (Wildman–Crippen MR) is 110 cm³/mol. The Labute approximate surface area is 173 Å². The molecule has 1 aliphatic rings. The Morgan fingerprint density at radius 2 is 1.89 bits per heavy atom. The number of nitrogens with one attached hydrogen (secondary N) is 2. The predicted octanol–water partition coefficient (Wildman–Crippen LogP) is 3.89. The first-order valence-corrected chi connectivity index (χ1v) is 10.9. The molecule has 7 nitrogen and oxygen atoms in total. The van der Waals surface area contributed by atoms with Gasteiger partial charge < -0.3 is 5.32 Å². The maximum absolute atomic E-state index is 12.7. The van der Waals surface area contributed by atoms with Gasteiger partial charge >= 0.3 is 0 Å². The van der Waals surface area contributed by atoms with Crippen LogP contribution in [0.1, 0.15) is 36.2 Å². The third-order valence-corrected chi connectivity index (χ3v) is 5.95. The SMILES string of the molecule is O=C(Nc1cccc(S(=O)(=O)NC2=NCCCCC2)c1)c1nc(Cl)ccc1Cl. The molecular weight excluding hydrogens is 423 g/mol. The lowest BCUT2D eigenvalue weighted by Gasteiger charge is -2.11. The van der Waals surface area contributed by atoms with Gasteiger partial charge in [-0.2, -0.15) is 0 Å². The van der Waals surface area contributed by atoms with Crippen molar-refractivity contribution in [1.82, 2.24) is 9.71 Å². The lowest BCUT2D eigenvalue weighted by Crippen LogP contribution is -2.30. The molecule has 148 valence electrons. The van der Waals surface area contributed by atoms with E-state index in [1.165, 1.54) is 30.3 Å². The molecule has 10 heteroatoms. The highest BCUT2D eigenvalue weighted by Gasteiger charge is 2.19. The summed E-state index contributed by atoms with van der Waals surface area (Å²) >= 11 is 11.8. The van der Waals surface area contributed by atoms with Crippen LogP contribution in [0.3, 0.4) is 0 Å². The number of pyridine rings is 1. The fourth-order valence-electron chi connectivity index (χ4n) is 2.68. The summed E-state index contributed by atoms with van der Waals surface area (Å²) in [6, 6.07) is 8.83. The number of aliphatic imine (C=N–C) groups is 1. The van der Waals surface area contributed by atoms with Gasteiger partial charge in [-0.15, -0.1) is 0 Å². The van der Waals surface area contributed by atoms with E-state index in [1.807, 2.05) is 0 Å². The van der Waals surface area contributed by atoms with Crippen LogP contribution in [-0.4, -0.2) is 31.7 Å². The van der Waals surface area contributed by atoms with Crippen LogP contribution in [-0.2, 0) is 10.0 Å². The van der Waals surface area contributed by atoms with Gasteiger partial charge in [-0.1, -0.05) is 35.7 Å². The number of sulfonamides is 1. The first kappa shape index (κ1) is 20.6. The van der Waals surface area contributed by atoms with E-state index in [-0.39, 0.29) is 26.5 Å². The number of hydrogen-bond donors (Lipinski definition) is 2. The van der Waals surface area contributed by atoms with Crippen molar-refractivity contribution in [2.75, 3.05) is 11.9 Å². The highest BCUT2D eigenvalue weighted by atomic mass is 35.5. The standard InChI is InChI=1S/C18H18Cl2N4O3S/c19-14-8-9-15(20)23-17(14)18(25)22-12-5-4-6-13(11-12)28(26,27)24-16-7-2-1-3-10-21-16/h4-6,8-9,11H,1-3,7,10H2,(H,21,24)(H,22,25). The van der Waals surface area contributed by atoms with Crippen LogP contribution in [0.2, 0.25) is 10.2 Å². The topological polar surface area (TPSA) is 101 Å². The van der Waals surface area contributed by atoms with Gasteiger partial charge in [0, 0.05) is 18.7 Å². The number of amides is 1. The number of carbonyl (C=O) groups excluding carboxylic acids is 1. The molecule has 1 aliphatic heterocycles. The molecular formula is C18H18Cl2N4O3S. The number of hydrogen-bond acceptors (Lipinski definition) is 5. The van der Waals surface area contributed by atoms with Gasteiger partial charge in [0.2, 0.25) is 0 Å². The molecule has 1 aromatic heterocycles. The van der Waals surface area contributed by atoms with Crippen LogP contribution in [0.15, 0.2) is 46.3 Å². The summed E-state index contributed by atoms with van der Waals surface area (Å²) < 4.78 is 27.9. The van der Waals surface area contributed by atoms with E-state index in [4.69, 9.17) is 23.2 Å². The molecule has 0 saturated carbocycles. The maximum Gasteiger partial charge on any atom is 0.275 e. The van der Waals surface area contributed by atoms with Crippen molar-refractivity contribution >= 4 is 50.7 Å². The minimum atomic E-state index is -3.81. The zero-order valence-electron chi connectivity index (χ0n) is 14.8. The molecule has 0 saturated heterocycles. The highest BCUT2D eigenvalue weighted by molar-refractivity contribution is 7.90. The second kappa shape index (κ2) is 8.89. The second-order valence-corrected chi connectivity index (χ2v) is 8.67. The van der Waals surface area contributed by atoms with Gasteiger partial charge in [0.25, 0.3) is 15.9 Å². The number of benzene rings is 1. The number of rotatable bonds is 4. The first-order chi connectivity index (χ1) is 13.3. The molecule has 1 aromatic carbocycles. The third-order valence-electron chi connectivity index (χ3n) is 4.06. The van der Waals surface area contributed by atoms with Crippen molar-refractivity contribution in [3.05, 3.63) is 52.3 Å². The number of nitrogens with zero attached hydrogens (tertiary/aromatic N) is 2. The molecule has 0 spiro atoms. The number of halogens is 2. The Morgan fingerprint density at radius 1 is 1.07 bits per heavy atom. The average molecular weight is 441 g/mol. The van der Waals surface area contributed by atoms with Crippen LogP contribution in [0.5, 0.6) is 0 Å². The van der Waals surface area contributed by atoms with Crippen molar-refractivity contribution in [3.8, 4) is 0 Å². The Morgan fingerprint density at radius 3 is 2.71 bits per heavy atom. The van der Waals surface area contributed by atoms with Gasteiger partial charge in [-0.25, -0.2) is 13.4 Å². The Kier molecular flexibility index (Phi) is 6.53. The largest absolute Gasteiger partial charge is 0.321 e. The average Bonchev–Trinajstić information content (AvgIpc) is 2.92. The normalized spacial score (nSPS) is 14.7. The molecule has 28 heavy (non-hydrogen) atoms. The van der Waals surface area contributed by atoms with E-state index in [2.05, 4.69) is 20.0 Å². The van der Waals surface area contributed by atoms with E-state index in [1.54, 1.807) is 6.07 Å². The fourth-order valence-corrected chi connectivity index (χ4v) is 4.15. The third kappa shape index (κ3) is 5.21. The number of amidine groups is 1. The molecule has 3 rings (SSSR count). The summed E-state index contributed by atoms with van der Waals surface area (Å²) in [5.41, 5.74) is 0.238. The van der Waals surface area contributed by atoms with E-state index in [0.29, 0.717) is 18.8 Å². The summed E-state index contributed by atoms with van der Waals surface area (Å²) in [5.74, 6) is -0.134. The Bertz CT molecular complexity index is 1030. The Balaban J connectivity index is 1.78. The van der Waals surface area contributed by atoms with Crippen LogP contribution < -0.4 is 10.0 Å². The molecule has 0 atom stereocenters. The summed E-state index contributed by atoms with van der Waals surface area (Å²) in [7, 11) is -3.81. The van der Waals surface area contributed by atoms with E-state index < -0.39 is 15.9 Å². The maximum atomic E-state index is 12.7. The molecule has 2 aromatic rings. The molecule has 2 N–H and O–H groups in total. The van der Waals surface area contributed by atoms with E-state index >= 15 is 0 Å². The van der Waals surface area contributed by atoms with Crippen molar-refractivity contribution in [2.45, 2.75) is 30.6 Å². The van der Waals surface area contributed by atoms with Gasteiger partial charge in [-0.05, 0) is 43.2 Å². The number of carbonyl (C=O) groups is 1. The molecule has 0 aliphatic carbocycles.